The van der Waals surface area contributed by atoms with Gasteiger partial charge in [-0.05, 0) is 38.0 Å². The average Bonchev–Trinajstić information content (AvgIpc) is 3.18. The molecule has 0 radical (unpaired) electrons. The number of fused-ring (bicyclic) bond motifs is 3. The Bertz CT molecular complexity index is 1210. The molecule has 1 aliphatic carbocycles. The number of amides is 2. The van der Waals surface area contributed by atoms with Crippen LogP contribution < -0.4 is 5.32 Å². The minimum atomic E-state index is -1.18. The van der Waals surface area contributed by atoms with E-state index in [2.05, 4.69) is 10.3 Å². The molecule has 5 rings (SSSR count). The summed E-state index contributed by atoms with van der Waals surface area (Å²) in [6, 6.07) is 14.1. The van der Waals surface area contributed by atoms with Crippen LogP contribution in [0.15, 0.2) is 48.5 Å². The molecule has 3 aromatic rings. The standard InChI is InChI=1S/C27H31FN4O2/c1-27(26(34)29-20-12-5-3-2-4-6-13-20)18-31-23-16-10-9-15-22(23)30-24(31)25(33)32(27)17-19-11-7-8-14-21(19)28/h7-11,14-16,20H,2-6,12-13,17-18H2,1H3,(H,29,34)/t27-/m0/s1. The summed E-state index contributed by atoms with van der Waals surface area (Å²) in [5.74, 6) is -0.655. The van der Waals surface area contributed by atoms with Gasteiger partial charge in [0.1, 0.15) is 11.4 Å². The van der Waals surface area contributed by atoms with Gasteiger partial charge in [-0.3, -0.25) is 9.59 Å². The zero-order chi connectivity index (χ0) is 23.7. The summed E-state index contributed by atoms with van der Waals surface area (Å²) in [7, 11) is 0. The van der Waals surface area contributed by atoms with Crippen molar-refractivity contribution in [3.8, 4) is 0 Å². The van der Waals surface area contributed by atoms with Gasteiger partial charge in [-0.15, -0.1) is 0 Å². The largest absolute Gasteiger partial charge is 0.351 e. The number of imidazole rings is 1. The van der Waals surface area contributed by atoms with Gasteiger partial charge in [0.25, 0.3) is 5.91 Å². The fraction of sp³-hybridized carbons (Fsp3) is 0.444. The second-order valence-corrected chi connectivity index (χ2v) is 9.78. The molecule has 1 fully saturated rings. The number of halogens is 1. The van der Waals surface area contributed by atoms with Crippen LogP contribution in [0.4, 0.5) is 4.39 Å². The van der Waals surface area contributed by atoms with E-state index in [1.165, 1.54) is 30.2 Å². The van der Waals surface area contributed by atoms with Gasteiger partial charge >= 0.3 is 0 Å². The molecule has 2 aromatic carbocycles. The minimum Gasteiger partial charge on any atom is -0.351 e. The van der Waals surface area contributed by atoms with E-state index in [9.17, 15) is 14.0 Å². The number of hydrogen-bond acceptors (Lipinski definition) is 3. The number of hydrogen-bond donors (Lipinski definition) is 1. The van der Waals surface area contributed by atoms with E-state index >= 15 is 0 Å². The van der Waals surface area contributed by atoms with E-state index in [4.69, 9.17) is 0 Å². The highest BCUT2D eigenvalue weighted by Gasteiger charge is 2.49. The third-order valence-corrected chi connectivity index (χ3v) is 7.37. The Morgan fingerprint density at radius 2 is 1.74 bits per heavy atom. The van der Waals surface area contributed by atoms with Gasteiger partial charge in [0.15, 0.2) is 5.82 Å². The summed E-state index contributed by atoms with van der Waals surface area (Å²) < 4.78 is 16.4. The lowest BCUT2D eigenvalue weighted by molar-refractivity contribution is -0.134. The van der Waals surface area contributed by atoms with Crippen LogP contribution in [0, 0.1) is 5.82 Å². The quantitative estimate of drug-likeness (QED) is 0.605. The number of rotatable bonds is 4. The highest BCUT2D eigenvalue weighted by atomic mass is 19.1. The maximum Gasteiger partial charge on any atom is 0.291 e. The van der Waals surface area contributed by atoms with Crippen LogP contribution in [-0.4, -0.2) is 37.8 Å². The van der Waals surface area contributed by atoms with Crippen molar-refractivity contribution in [3.05, 3.63) is 65.7 Å². The molecule has 0 unspecified atom stereocenters. The fourth-order valence-electron chi connectivity index (χ4n) is 5.32. The van der Waals surface area contributed by atoms with Gasteiger partial charge in [-0.2, -0.15) is 0 Å². The van der Waals surface area contributed by atoms with Crippen molar-refractivity contribution in [1.29, 1.82) is 0 Å². The van der Waals surface area contributed by atoms with Crippen LogP contribution in [-0.2, 0) is 17.9 Å². The zero-order valence-electron chi connectivity index (χ0n) is 19.6. The van der Waals surface area contributed by atoms with E-state index in [-0.39, 0.29) is 36.8 Å². The molecule has 1 saturated carbocycles. The SMILES string of the molecule is C[C@@]1(C(=O)NC2CCCCCCC2)Cn2c(nc3ccccc32)C(=O)N1Cc1ccccc1F. The second-order valence-electron chi connectivity index (χ2n) is 9.78. The highest BCUT2D eigenvalue weighted by molar-refractivity contribution is 6.01. The predicted molar refractivity (Wildman–Crippen MR) is 129 cm³/mol. The van der Waals surface area contributed by atoms with Crippen molar-refractivity contribution < 1.29 is 14.0 Å². The molecule has 2 amide bonds. The average molecular weight is 463 g/mol. The molecule has 0 bridgehead atoms. The molecule has 2 aliphatic rings. The first-order valence-electron chi connectivity index (χ1n) is 12.3. The van der Waals surface area contributed by atoms with Crippen molar-refractivity contribution in [1.82, 2.24) is 19.8 Å². The lowest BCUT2D eigenvalue weighted by Crippen LogP contribution is -2.64. The summed E-state index contributed by atoms with van der Waals surface area (Å²) in [5.41, 5.74) is 0.728. The summed E-state index contributed by atoms with van der Waals surface area (Å²) >= 11 is 0. The number of benzene rings is 2. The fourth-order valence-corrected chi connectivity index (χ4v) is 5.32. The Morgan fingerprint density at radius 1 is 1.06 bits per heavy atom. The van der Waals surface area contributed by atoms with Crippen molar-refractivity contribution in [2.45, 2.75) is 76.5 Å². The number of carbonyl (C=O) groups excluding carboxylic acids is 2. The van der Waals surface area contributed by atoms with Crippen LogP contribution in [0.5, 0.6) is 0 Å². The molecule has 1 atom stereocenters. The summed E-state index contributed by atoms with van der Waals surface area (Å²) in [4.78, 5) is 33.7. The van der Waals surface area contributed by atoms with Gasteiger partial charge in [-0.25, -0.2) is 9.37 Å². The summed E-state index contributed by atoms with van der Waals surface area (Å²) in [5, 5.41) is 3.26. The van der Waals surface area contributed by atoms with Crippen LogP contribution in [0.3, 0.4) is 0 Å². The minimum absolute atomic E-state index is 0.00327. The predicted octanol–water partition coefficient (Wildman–Crippen LogP) is 4.82. The van der Waals surface area contributed by atoms with E-state index in [1.807, 2.05) is 28.8 Å². The molecule has 178 valence electrons. The maximum absolute atomic E-state index is 14.6. The second kappa shape index (κ2) is 9.20. The molecule has 0 saturated heterocycles. The first kappa shape index (κ1) is 22.6. The van der Waals surface area contributed by atoms with Crippen LogP contribution in [0.2, 0.25) is 0 Å². The number of nitrogens with zero attached hydrogens (tertiary/aromatic N) is 3. The number of carbonyl (C=O) groups is 2. The Hall–Kier alpha value is -3.22. The highest BCUT2D eigenvalue weighted by Crippen LogP contribution is 2.32. The molecule has 7 heteroatoms. The molecular formula is C27H31FN4O2. The van der Waals surface area contributed by atoms with Crippen LogP contribution in [0.1, 0.15) is 68.1 Å². The van der Waals surface area contributed by atoms with E-state index < -0.39 is 11.4 Å². The van der Waals surface area contributed by atoms with Gasteiger partial charge in [0.05, 0.1) is 24.1 Å². The van der Waals surface area contributed by atoms with Gasteiger partial charge in [-0.1, -0.05) is 62.4 Å². The zero-order valence-corrected chi connectivity index (χ0v) is 19.6. The van der Waals surface area contributed by atoms with Gasteiger partial charge < -0.3 is 14.8 Å². The number of para-hydroxylation sites is 2. The smallest absolute Gasteiger partial charge is 0.291 e. The Balaban J connectivity index is 1.52. The van der Waals surface area contributed by atoms with Crippen LogP contribution in [0.25, 0.3) is 11.0 Å². The first-order valence-corrected chi connectivity index (χ1v) is 12.3. The molecule has 2 heterocycles. The third kappa shape index (κ3) is 4.08. The Morgan fingerprint density at radius 3 is 2.50 bits per heavy atom. The lowest BCUT2D eigenvalue weighted by Gasteiger charge is -2.44. The lowest BCUT2D eigenvalue weighted by atomic mass is 9.92. The van der Waals surface area contributed by atoms with Gasteiger partial charge in [0, 0.05) is 11.6 Å². The van der Waals surface area contributed by atoms with Crippen molar-refractivity contribution >= 4 is 22.8 Å². The van der Waals surface area contributed by atoms with E-state index in [1.54, 1.807) is 25.1 Å². The number of nitrogens with one attached hydrogen (secondary N) is 1. The monoisotopic (exact) mass is 462 g/mol. The van der Waals surface area contributed by atoms with Crippen molar-refractivity contribution in [2.75, 3.05) is 0 Å². The first-order chi connectivity index (χ1) is 16.5. The van der Waals surface area contributed by atoms with Gasteiger partial charge in [0.2, 0.25) is 5.91 Å². The topological polar surface area (TPSA) is 67.2 Å². The number of aromatic nitrogens is 2. The maximum atomic E-state index is 14.6. The molecule has 0 spiro atoms. The molecule has 34 heavy (non-hydrogen) atoms. The van der Waals surface area contributed by atoms with E-state index in [0.29, 0.717) is 11.1 Å². The Kier molecular flexibility index (Phi) is 6.11. The molecule has 6 nitrogen and oxygen atoms in total. The molecular weight excluding hydrogens is 431 g/mol. The summed E-state index contributed by atoms with van der Waals surface area (Å²) in [6.07, 6.45) is 7.70. The third-order valence-electron chi connectivity index (χ3n) is 7.37. The normalized spacial score (nSPS) is 21.7. The van der Waals surface area contributed by atoms with Crippen molar-refractivity contribution in [2.24, 2.45) is 0 Å². The summed E-state index contributed by atoms with van der Waals surface area (Å²) in [6.45, 7) is 2.06. The van der Waals surface area contributed by atoms with Crippen molar-refractivity contribution in [3.63, 3.8) is 0 Å². The molecule has 1 aromatic heterocycles. The molecule has 1 aliphatic heterocycles. The Labute approximate surface area is 199 Å². The molecule has 1 N–H and O–H groups in total. The van der Waals surface area contributed by atoms with E-state index in [0.717, 1.165) is 31.2 Å². The van der Waals surface area contributed by atoms with Crippen LogP contribution >= 0.6 is 0 Å².